The van der Waals surface area contributed by atoms with E-state index in [4.69, 9.17) is 5.14 Å². The molecule has 0 atom stereocenters. The number of rotatable bonds is 7. The predicted molar refractivity (Wildman–Crippen MR) is 101 cm³/mol. The van der Waals surface area contributed by atoms with Crippen molar-refractivity contribution >= 4 is 27.7 Å². The van der Waals surface area contributed by atoms with Crippen LogP contribution in [0.5, 0.6) is 0 Å². The largest absolute Gasteiger partial charge is 0.355 e. The van der Waals surface area contributed by atoms with Crippen LogP contribution >= 0.6 is 11.8 Å². The number of hydrogen-bond donors (Lipinski definition) is 2. The molecule has 0 aliphatic heterocycles. The van der Waals surface area contributed by atoms with E-state index in [1.54, 1.807) is 12.1 Å². The van der Waals surface area contributed by atoms with Crippen molar-refractivity contribution < 1.29 is 13.2 Å². The van der Waals surface area contributed by atoms with Crippen molar-refractivity contribution in [2.75, 3.05) is 12.3 Å². The summed E-state index contributed by atoms with van der Waals surface area (Å²) in [5, 5.41) is 8.48. The van der Waals surface area contributed by atoms with Crippen molar-refractivity contribution in [2.45, 2.75) is 37.2 Å². The highest BCUT2D eigenvalue weighted by Crippen LogP contribution is 2.16. The molecular formula is C17H22N4O3S2. The first-order valence-electron chi connectivity index (χ1n) is 8.00. The number of nitrogens with zero attached hydrogens (tertiary/aromatic N) is 2. The lowest BCUT2D eigenvalue weighted by molar-refractivity contribution is -0.118. The number of amides is 1. The number of carbonyl (C=O) groups is 1. The Morgan fingerprint density at radius 2 is 1.69 bits per heavy atom. The molecule has 2 rings (SSSR count). The van der Waals surface area contributed by atoms with Crippen molar-refractivity contribution in [2.24, 2.45) is 5.14 Å². The second-order valence-electron chi connectivity index (χ2n) is 5.88. The van der Waals surface area contributed by atoms with Gasteiger partial charge in [-0.05, 0) is 50.5 Å². The highest BCUT2D eigenvalue weighted by atomic mass is 32.2. The second kappa shape index (κ2) is 8.61. The van der Waals surface area contributed by atoms with E-state index in [-0.39, 0.29) is 16.6 Å². The summed E-state index contributed by atoms with van der Waals surface area (Å²) in [5.74, 6) is 0.141. The highest BCUT2D eigenvalue weighted by molar-refractivity contribution is 7.99. The molecule has 1 amide bonds. The molecule has 7 nitrogen and oxygen atoms in total. The minimum Gasteiger partial charge on any atom is -0.355 e. The fourth-order valence-corrected chi connectivity index (χ4v) is 3.46. The summed E-state index contributed by atoms with van der Waals surface area (Å²) >= 11 is 1.30. The standard InChI is InChI=1S/C17H22N4O3S2/c1-11-12(2)20-17(21-13(11)3)25-10-16(22)19-9-8-14-4-6-15(7-5-14)26(18,23)24/h4-7H,8-10H2,1-3H3,(H,19,22)(H2,18,23,24). The number of aryl methyl sites for hydroxylation is 2. The molecule has 0 radical (unpaired) electrons. The van der Waals surface area contributed by atoms with E-state index >= 15 is 0 Å². The van der Waals surface area contributed by atoms with Crippen molar-refractivity contribution in [1.29, 1.82) is 0 Å². The number of nitrogens with two attached hydrogens (primary N) is 1. The van der Waals surface area contributed by atoms with Crippen LogP contribution in [0.1, 0.15) is 22.5 Å². The van der Waals surface area contributed by atoms with Gasteiger partial charge in [-0.25, -0.2) is 23.5 Å². The second-order valence-corrected chi connectivity index (χ2v) is 8.38. The maximum absolute atomic E-state index is 11.9. The monoisotopic (exact) mass is 394 g/mol. The van der Waals surface area contributed by atoms with Crippen LogP contribution < -0.4 is 10.5 Å². The first kappa shape index (κ1) is 20.3. The third-order valence-corrected chi connectivity index (χ3v) is 5.71. The molecule has 0 saturated carbocycles. The maximum Gasteiger partial charge on any atom is 0.238 e. The van der Waals surface area contributed by atoms with E-state index in [9.17, 15) is 13.2 Å². The fourth-order valence-electron chi connectivity index (χ4n) is 2.18. The third kappa shape index (κ3) is 5.79. The van der Waals surface area contributed by atoms with Gasteiger partial charge >= 0.3 is 0 Å². The Labute approximate surface area is 157 Å². The minimum atomic E-state index is -3.68. The summed E-state index contributed by atoms with van der Waals surface area (Å²) < 4.78 is 22.4. The molecule has 0 unspecified atom stereocenters. The zero-order valence-corrected chi connectivity index (χ0v) is 16.6. The lowest BCUT2D eigenvalue weighted by Crippen LogP contribution is -2.27. The summed E-state index contributed by atoms with van der Waals surface area (Å²) in [6.07, 6.45) is 0.598. The zero-order chi connectivity index (χ0) is 19.3. The summed E-state index contributed by atoms with van der Waals surface area (Å²) in [4.78, 5) is 20.8. The quantitative estimate of drug-likeness (QED) is 0.543. The van der Waals surface area contributed by atoms with Crippen LogP contribution in [0.15, 0.2) is 34.3 Å². The van der Waals surface area contributed by atoms with E-state index in [1.165, 1.54) is 23.9 Å². The Morgan fingerprint density at radius 1 is 1.12 bits per heavy atom. The average molecular weight is 395 g/mol. The van der Waals surface area contributed by atoms with Gasteiger partial charge in [-0.15, -0.1) is 0 Å². The van der Waals surface area contributed by atoms with Crippen LogP contribution in [-0.4, -0.2) is 36.6 Å². The van der Waals surface area contributed by atoms with Gasteiger partial charge in [-0.2, -0.15) is 0 Å². The molecule has 1 aromatic carbocycles. The highest BCUT2D eigenvalue weighted by Gasteiger charge is 2.09. The Morgan fingerprint density at radius 3 is 2.23 bits per heavy atom. The minimum absolute atomic E-state index is 0.0744. The number of thioether (sulfide) groups is 1. The van der Waals surface area contributed by atoms with Crippen molar-refractivity contribution in [3.05, 3.63) is 46.8 Å². The molecule has 26 heavy (non-hydrogen) atoms. The molecule has 9 heteroatoms. The fraction of sp³-hybridized carbons (Fsp3) is 0.353. The number of benzene rings is 1. The molecule has 1 aromatic heterocycles. The lowest BCUT2D eigenvalue weighted by Gasteiger charge is -2.08. The average Bonchev–Trinajstić information content (AvgIpc) is 2.57. The number of primary sulfonamides is 1. The molecule has 3 N–H and O–H groups in total. The topological polar surface area (TPSA) is 115 Å². The molecule has 2 aromatic rings. The van der Waals surface area contributed by atoms with Gasteiger partial charge in [0.2, 0.25) is 15.9 Å². The van der Waals surface area contributed by atoms with E-state index in [2.05, 4.69) is 15.3 Å². The number of hydrogen-bond acceptors (Lipinski definition) is 6. The molecular weight excluding hydrogens is 372 g/mol. The van der Waals surface area contributed by atoms with Crippen LogP contribution in [0.3, 0.4) is 0 Å². The van der Waals surface area contributed by atoms with Gasteiger partial charge in [-0.3, -0.25) is 4.79 Å². The molecule has 0 aliphatic rings. The van der Waals surface area contributed by atoms with Crippen molar-refractivity contribution in [1.82, 2.24) is 15.3 Å². The molecule has 0 saturated heterocycles. The number of sulfonamides is 1. The summed E-state index contributed by atoms with van der Waals surface area (Å²) in [6.45, 7) is 6.28. The van der Waals surface area contributed by atoms with Gasteiger partial charge in [0.15, 0.2) is 5.16 Å². The molecule has 0 bridgehead atoms. The molecule has 140 valence electrons. The Kier molecular flexibility index (Phi) is 6.74. The normalized spacial score (nSPS) is 11.4. The first-order chi connectivity index (χ1) is 12.2. The van der Waals surface area contributed by atoms with Crippen LogP contribution in [0.4, 0.5) is 0 Å². The van der Waals surface area contributed by atoms with Crippen LogP contribution in [0.2, 0.25) is 0 Å². The molecule has 1 heterocycles. The summed E-state index contributed by atoms with van der Waals surface area (Å²) in [7, 11) is -3.68. The van der Waals surface area contributed by atoms with E-state index in [0.717, 1.165) is 22.5 Å². The Hall–Kier alpha value is -1.97. The predicted octanol–water partition coefficient (Wildman–Crippen LogP) is 1.50. The summed E-state index contributed by atoms with van der Waals surface area (Å²) in [6, 6.07) is 6.29. The molecule has 0 spiro atoms. The number of nitrogens with one attached hydrogen (secondary N) is 1. The van der Waals surface area contributed by atoms with Crippen LogP contribution in [-0.2, 0) is 21.2 Å². The Bertz CT molecular complexity index is 874. The van der Waals surface area contributed by atoms with Crippen LogP contribution in [0.25, 0.3) is 0 Å². The number of aromatic nitrogens is 2. The summed E-state index contributed by atoms with van der Waals surface area (Å²) in [5.41, 5.74) is 3.82. The maximum atomic E-state index is 11.9. The van der Waals surface area contributed by atoms with Gasteiger partial charge in [0.05, 0.1) is 10.6 Å². The first-order valence-corrected chi connectivity index (χ1v) is 10.5. The van der Waals surface area contributed by atoms with E-state index in [0.29, 0.717) is 18.1 Å². The van der Waals surface area contributed by atoms with E-state index < -0.39 is 10.0 Å². The SMILES string of the molecule is Cc1nc(SCC(=O)NCCc2ccc(S(N)(=O)=O)cc2)nc(C)c1C. The van der Waals surface area contributed by atoms with Gasteiger partial charge in [0.25, 0.3) is 0 Å². The van der Waals surface area contributed by atoms with Gasteiger partial charge in [0, 0.05) is 17.9 Å². The van der Waals surface area contributed by atoms with E-state index in [1.807, 2.05) is 20.8 Å². The smallest absolute Gasteiger partial charge is 0.238 e. The van der Waals surface area contributed by atoms with Gasteiger partial charge in [-0.1, -0.05) is 23.9 Å². The molecule has 0 aliphatic carbocycles. The number of carbonyl (C=O) groups excluding carboxylic acids is 1. The van der Waals surface area contributed by atoms with Gasteiger partial charge < -0.3 is 5.32 Å². The zero-order valence-electron chi connectivity index (χ0n) is 14.9. The van der Waals surface area contributed by atoms with Crippen molar-refractivity contribution in [3.63, 3.8) is 0 Å². The third-order valence-electron chi connectivity index (χ3n) is 3.93. The van der Waals surface area contributed by atoms with Crippen molar-refractivity contribution in [3.8, 4) is 0 Å². The van der Waals surface area contributed by atoms with Gasteiger partial charge in [0.1, 0.15) is 0 Å². The van der Waals surface area contributed by atoms with Crippen LogP contribution in [0, 0.1) is 20.8 Å². The molecule has 0 fully saturated rings. The lowest BCUT2D eigenvalue weighted by atomic mass is 10.1. The Balaban J connectivity index is 1.79.